The predicted octanol–water partition coefficient (Wildman–Crippen LogP) is 1.23. The van der Waals surface area contributed by atoms with Crippen LogP contribution in [0, 0.1) is 0 Å². The summed E-state index contributed by atoms with van der Waals surface area (Å²) in [7, 11) is 1.38. The van der Waals surface area contributed by atoms with Crippen molar-refractivity contribution in [1.29, 1.82) is 0 Å². The minimum Gasteiger partial charge on any atom is -0.503 e. The van der Waals surface area contributed by atoms with Crippen LogP contribution in [0.3, 0.4) is 0 Å². The fourth-order valence-corrected chi connectivity index (χ4v) is 1.70. The van der Waals surface area contributed by atoms with Crippen LogP contribution in [0.5, 0.6) is 11.5 Å². The Kier molecular flexibility index (Phi) is 3.12. The molecule has 1 fully saturated rings. The molecule has 6 nitrogen and oxygen atoms in total. The van der Waals surface area contributed by atoms with Crippen LogP contribution in [0.1, 0.15) is 5.56 Å². The fraction of sp³-hybridized carbons (Fsp3) is 0.0909. The zero-order valence-electron chi connectivity index (χ0n) is 9.28. The van der Waals surface area contributed by atoms with Gasteiger partial charge in [0.2, 0.25) is 0 Å². The molecule has 1 aliphatic heterocycles. The van der Waals surface area contributed by atoms with Gasteiger partial charge in [0.15, 0.2) is 11.5 Å². The van der Waals surface area contributed by atoms with Gasteiger partial charge in [-0.25, -0.2) is 4.79 Å². The van der Waals surface area contributed by atoms with Gasteiger partial charge in [-0.05, 0) is 23.8 Å². The summed E-state index contributed by atoms with van der Waals surface area (Å²) in [5.74, 6) is -0.525. The van der Waals surface area contributed by atoms with Crippen molar-refractivity contribution < 1.29 is 19.4 Å². The van der Waals surface area contributed by atoms with E-state index in [2.05, 4.69) is 10.6 Å². The second kappa shape index (κ2) is 4.58. The first-order valence-corrected chi connectivity index (χ1v) is 5.29. The van der Waals surface area contributed by atoms with E-state index in [0.29, 0.717) is 5.56 Å². The lowest BCUT2D eigenvalue weighted by Gasteiger charge is -2.06. The predicted molar refractivity (Wildman–Crippen MR) is 64.3 cm³/mol. The average molecular weight is 269 g/mol. The zero-order valence-corrected chi connectivity index (χ0v) is 10.0. The Labute approximate surface area is 107 Å². The Morgan fingerprint density at radius 3 is 2.61 bits per heavy atom. The molecule has 1 aliphatic rings. The first kappa shape index (κ1) is 12.3. The van der Waals surface area contributed by atoms with Gasteiger partial charge in [-0.1, -0.05) is 11.6 Å². The lowest BCUT2D eigenvalue weighted by atomic mass is 10.1. The standard InChI is InChI=1S/C11H9ClN2O4/c1-18-8-4-5(2-6(12)9(8)15)3-7-10(16)14-11(17)13-7/h2-4,15H,1H3,(H2,13,14,16,17)/b7-3-. The Morgan fingerprint density at radius 2 is 2.06 bits per heavy atom. The monoisotopic (exact) mass is 268 g/mol. The van der Waals surface area contributed by atoms with Gasteiger partial charge < -0.3 is 15.2 Å². The smallest absolute Gasteiger partial charge is 0.326 e. The maximum Gasteiger partial charge on any atom is 0.326 e. The molecule has 0 saturated carbocycles. The third-order valence-electron chi connectivity index (χ3n) is 2.30. The molecule has 0 spiro atoms. The molecule has 1 aromatic carbocycles. The van der Waals surface area contributed by atoms with Gasteiger partial charge in [-0.3, -0.25) is 10.1 Å². The third kappa shape index (κ3) is 2.23. The molecule has 3 N–H and O–H groups in total. The fourth-order valence-electron chi connectivity index (χ4n) is 1.48. The number of imide groups is 1. The molecule has 0 aromatic heterocycles. The van der Waals surface area contributed by atoms with Crippen LogP contribution in [0.25, 0.3) is 6.08 Å². The number of benzene rings is 1. The van der Waals surface area contributed by atoms with Gasteiger partial charge in [-0.15, -0.1) is 0 Å². The first-order valence-electron chi connectivity index (χ1n) is 4.92. The van der Waals surface area contributed by atoms with Gasteiger partial charge in [0.25, 0.3) is 5.91 Å². The number of rotatable bonds is 2. The number of carbonyl (C=O) groups excluding carboxylic acids is 2. The minimum atomic E-state index is -0.580. The van der Waals surface area contributed by atoms with Gasteiger partial charge in [0.1, 0.15) is 5.70 Å². The second-order valence-corrected chi connectivity index (χ2v) is 3.93. The van der Waals surface area contributed by atoms with Crippen LogP contribution in [-0.4, -0.2) is 24.2 Å². The molecule has 2 rings (SSSR count). The molecule has 1 heterocycles. The molecule has 0 radical (unpaired) electrons. The molecule has 1 saturated heterocycles. The minimum absolute atomic E-state index is 0.0888. The molecule has 0 unspecified atom stereocenters. The van der Waals surface area contributed by atoms with E-state index in [0.717, 1.165) is 0 Å². The van der Waals surface area contributed by atoms with Crippen LogP contribution < -0.4 is 15.4 Å². The van der Waals surface area contributed by atoms with E-state index in [1.54, 1.807) is 0 Å². The maximum absolute atomic E-state index is 11.3. The van der Waals surface area contributed by atoms with E-state index < -0.39 is 11.9 Å². The van der Waals surface area contributed by atoms with Crippen LogP contribution in [0.2, 0.25) is 5.02 Å². The van der Waals surface area contributed by atoms with E-state index >= 15 is 0 Å². The number of amides is 3. The molecular weight excluding hydrogens is 260 g/mol. The van der Waals surface area contributed by atoms with Crippen molar-refractivity contribution in [3.8, 4) is 11.5 Å². The van der Waals surface area contributed by atoms with Crippen molar-refractivity contribution in [1.82, 2.24) is 10.6 Å². The summed E-state index contributed by atoms with van der Waals surface area (Å²) in [5.41, 5.74) is 0.616. The van der Waals surface area contributed by atoms with E-state index in [9.17, 15) is 14.7 Å². The maximum atomic E-state index is 11.3. The Morgan fingerprint density at radius 1 is 1.33 bits per heavy atom. The normalized spacial score (nSPS) is 16.7. The number of halogens is 1. The number of aromatic hydroxyl groups is 1. The molecule has 3 amide bonds. The van der Waals surface area contributed by atoms with Crippen LogP contribution in [-0.2, 0) is 4.79 Å². The Bertz CT molecular complexity index is 568. The summed E-state index contributed by atoms with van der Waals surface area (Å²) >= 11 is 5.80. The Hall–Kier alpha value is -2.21. The zero-order chi connectivity index (χ0) is 13.3. The summed E-state index contributed by atoms with van der Waals surface area (Å²) in [6.45, 7) is 0. The van der Waals surface area contributed by atoms with Crippen LogP contribution in [0.15, 0.2) is 17.8 Å². The SMILES string of the molecule is COc1cc(/C=C2\NC(=O)NC2=O)cc(Cl)c1O. The molecule has 7 heteroatoms. The summed E-state index contributed by atoms with van der Waals surface area (Å²) in [6, 6.07) is 2.36. The van der Waals surface area contributed by atoms with E-state index in [1.807, 2.05) is 0 Å². The van der Waals surface area contributed by atoms with Crippen molar-refractivity contribution in [2.75, 3.05) is 7.11 Å². The van der Waals surface area contributed by atoms with E-state index in [-0.39, 0.29) is 22.2 Å². The highest BCUT2D eigenvalue weighted by atomic mass is 35.5. The van der Waals surface area contributed by atoms with Crippen molar-refractivity contribution >= 4 is 29.6 Å². The van der Waals surface area contributed by atoms with Gasteiger partial charge in [-0.2, -0.15) is 0 Å². The Balaban J connectivity index is 2.41. The molecule has 0 aliphatic carbocycles. The lowest BCUT2D eigenvalue weighted by Crippen LogP contribution is -2.22. The summed E-state index contributed by atoms with van der Waals surface area (Å²) in [6.07, 6.45) is 1.42. The molecule has 94 valence electrons. The molecule has 0 bridgehead atoms. The number of carbonyl (C=O) groups is 2. The summed E-state index contributed by atoms with van der Waals surface area (Å²) < 4.78 is 4.93. The highest BCUT2D eigenvalue weighted by molar-refractivity contribution is 6.32. The van der Waals surface area contributed by atoms with Gasteiger partial charge in [0, 0.05) is 0 Å². The number of hydrogen-bond donors (Lipinski definition) is 3. The van der Waals surface area contributed by atoms with Crippen molar-refractivity contribution in [3.63, 3.8) is 0 Å². The number of nitrogens with one attached hydrogen (secondary N) is 2. The second-order valence-electron chi connectivity index (χ2n) is 3.52. The number of phenols is 1. The van der Waals surface area contributed by atoms with Gasteiger partial charge in [0.05, 0.1) is 12.1 Å². The average Bonchev–Trinajstić information content (AvgIpc) is 2.62. The van der Waals surface area contributed by atoms with Crippen LogP contribution in [0.4, 0.5) is 4.79 Å². The molecule has 18 heavy (non-hydrogen) atoms. The number of methoxy groups -OCH3 is 1. The van der Waals surface area contributed by atoms with Gasteiger partial charge >= 0.3 is 6.03 Å². The quantitative estimate of drug-likeness (QED) is 0.556. The summed E-state index contributed by atoms with van der Waals surface area (Å²) in [5, 5.41) is 14.0. The number of hydrogen-bond acceptors (Lipinski definition) is 4. The topological polar surface area (TPSA) is 87.7 Å². The van der Waals surface area contributed by atoms with Crippen LogP contribution >= 0.6 is 11.6 Å². The molecular formula is C11H9ClN2O4. The van der Waals surface area contributed by atoms with E-state index in [4.69, 9.17) is 16.3 Å². The largest absolute Gasteiger partial charge is 0.503 e. The van der Waals surface area contributed by atoms with Crippen molar-refractivity contribution in [2.45, 2.75) is 0 Å². The highest BCUT2D eigenvalue weighted by Gasteiger charge is 2.23. The number of phenolic OH excluding ortho intramolecular Hbond substituents is 1. The first-order chi connectivity index (χ1) is 8.51. The van der Waals surface area contributed by atoms with E-state index in [1.165, 1.54) is 25.3 Å². The number of urea groups is 1. The van der Waals surface area contributed by atoms with Crippen molar-refractivity contribution in [3.05, 3.63) is 28.4 Å². The number of ether oxygens (including phenoxy) is 1. The molecule has 0 atom stereocenters. The van der Waals surface area contributed by atoms with Crippen molar-refractivity contribution in [2.24, 2.45) is 0 Å². The third-order valence-corrected chi connectivity index (χ3v) is 2.59. The lowest BCUT2D eigenvalue weighted by molar-refractivity contribution is -0.115. The highest BCUT2D eigenvalue weighted by Crippen LogP contribution is 2.35. The molecule has 1 aromatic rings. The summed E-state index contributed by atoms with van der Waals surface area (Å²) in [4.78, 5) is 22.2.